The van der Waals surface area contributed by atoms with Gasteiger partial charge in [-0.2, -0.15) is 0 Å². The van der Waals surface area contributed by atoms with E-state index in [1.165, 1.54) is 17.7 Å². The van der Waals surface area contributed by atoms with Crippen LogP contribution < -0.4 is 10.2 Å². The molecule has 2 rings (SSSR count). The number of rotatable bonds is 3. The van der Waals surface area contributed by atoms with Crippen LogP contribution in [-0.2, 0) is 0 Å². The van der Waals surface area contributed by atoms with Crippen LogP contribution in [0.2, 0.25) is 0 Å². The lowest BCUT2D eigenvalue weighted by molar-refractivity contribution is 0.310. The molecule has 1 N–H and O–H groups in total. The highest BCUT2D eigenvalue weighted by atomic mass is 15.3. The zero-order chi connectivity index (χ0) is 14.0. The second-order valence-corrected chi connectivity index (χ2v) is 6.81. The van der Waals surface area contributed by atoms with Crippen LogP contribution in [-0.4, -0.2) is 19.3 Å². The fourth-order valence-electron chi connectivity index (χ4n) is 2.86. The van der Waals surface area contributed by atoms with Crippen molar-refractivity contribution in [2.45, 2.75) is 46.3 Å². The minimum Gasteiger partial charge on any atom is -0.355 e. The van der Waals surface area contributed by atoms with Gasteiger partial charge in [0, 0.05) is 18.8 Å². The van der Waals surface area contributed by atoms with Crippen molar-refractivity contribution in [1.82, 2.24) is 5.32 Å². The number of nitrogens with one attached hydrogen (secondary N) is 1. The maximum Gasteiger partial charge on any atom is 0.0989 e. The first-order valence-electron chi connectivity index (χ1n) is 7.13. The molecule has 1 unspecified atom stereocenters. The largest absolute Gasteiger partial charge is 0.355 e. The molecular weight excluding hydrogens is 232 g/mol. The number of hydrogen-bond donors (Lipinski definition) is 1. The van der Waals surface area contributed by atoms with E-state index >= 15 is 0 Å². The number of nitrogens with zero attached hydrogens (tertiary/aromatic N) is 1. The van der Waals surface area contributed by atoms with Gasteiger partial charge in [0.15, 0.2) is 0 Å². The Morgan fingerprint density at radius 2 is 1.95 bits per heavy atom. The van der Waals surface area contributed by atoms with Gasteiger partial charge in [-0.3, -0.25) is 5.32 Å². The molecule has 0 saturated carbocycles. The Kier molecular flexibility index (Phi) is 4.00. The summed E-state index contributed by atoms with van der Waals surface area (Å²) in [6.07, 6.45) is 5.93. The number of hydrogen-bond acceptors (Lipinski definition) is 2. The van der Waals surface area contributed by atoms with Gasteiger partial charge in [0.1, 0.15) is 0 Å². The van der Waals surface area contributed by atoms with E-state index in [4.69, 9.17) is 0 Å². The first-order valence-corrected chi connectivity index (χ1v) is 7.13. The average Bonchev–Trinajstić information content (AvgIpc) is 2.31. The van der Waals surface area contributed by atoms with E-state index in [9.17, 15) is 0 Å². The summed E-state index contributed by atoms with van der Waals surface area (Å²) in [6, 6.07) is 9.04. The second-order valence-electron chi connectivity index (χ2n) is 6.81. The van der Waals surface area contributed by atoms with Gasteiger partial charge in [-0.05, 0) is 36.5 Å². The van der Waals surface area contributed by atoms with Crippen LogP contribution in [0.1, 0.15) is 39.7 Å². The number of fused-ring (bicyclic) bond motifs is 1. The lowest BCUT2D eigenvalue weighted by atomic mass is 9.88. The third-order valence-corrected chi connectivity index (χ3v) is 3.57. The summed E-state index contributed by atoms with van der Waals surface area (Å²) in [5.74, 6) is 0. The molecule has 2 nitrogen and oxygen atoms in total. The summed E-state index contributed by atoms with van der Waals surface area (Å²) in [5.41, 5.74) is 2.96. The zero-order valence-corrected chi connectivity index (χ0v) is 12.8. The molecule has 0 fully saturated rings. The number of para-hydroxylation sites is 1. The van der Waals surface area contributed by atoms with Crippen LogP contribution in [0.3, 0.4) is 0 Å². The Morgan fingerprint density at radius 3 is 2.63 bits per heavy atom. The minimum atomic E-state index is 0.284. The van der Waals surface area contributed by atoms with Gasteiger partial charge in [0.05, 0.1) is 6.17 Å². The van der Waals surface area contributed by atoms with Crippen molar-refractivity contribution in [2.75, 3.05) is 11.9 Å². The highest BCUT2D eigenvalue weighted by Crippen LogP contribution is 2.27. The van der Waals surface area contributed by atoms with Crippen molar-refractivity contribution >= 4 is 11.8 Å². The van der Waals surface area contributed by atoms with Crippen LogP contribution in [0.25, 0.3) is 6.08 Å². The summed E-state index contributed by atoms with van der Waals surface area (Å²) in [5, 5.41) is 3.71. The van der Waals surface area contributed by atoms with Crippen LogP contribution in [0.4, 0.5) is 5.69 Å². The standard InChI is InChI=1S/C17H26N2/c1-13(12-17(2,3)4)18-16-11-10-14-8-6-7-9-15(14)19(16)5/h6-11,13,16,18H,12H2,1-5H3/t13-,16?/m1/s1. The van der Waals surface area contributed by atoms with Crippen LogP contribution in [0.15, 0.2) is 30.3 Å². The Balaban J connectivity index is 2.05. The van der Waals surface area contributed by atoms with Gasteiger partial charge < -0.3 is 4.90 Å². The van der Waals surface area contributed by atoms with E-state index in [2.05, 4.69) is 81.4 Å². The van der Waals surface area contributed by atoms with E-state index < -0.39 is 0 Å². The van der Waals surface area contributed by atoms with Gasteiger partial charge in [0.25, 0.3) is 0 Å². The quantitative estimate of drug-likeness (QED) is 0.885. The maximum atomic E-state index is 3.71. The van der Waals surface area contributed by atoms with Gasteiger partial charge in [0.2, 0.25) is 0 Å². The predicted octanol–water partition coefficient (Wildman–Crippen LogP) is 3.89. The van der Waals surface area contributed by atoms with E-state index in [1.54, 1.807) is 0 Å². The zero-order valence-electron chi connectivity index (χ0n) is 12.8. The first kappa shape index (κ1) is 14.1. The first-order chi connectivity index (χ1) is 8.87. The predicted molar refractivity (Wildman–Crippen MR) is 84.3 cm³/mol. The van der Waals surface area contributed by atoms with E-state index in [0.29, 0.717) is 11.5 Å². The lowest BCUT2D eigenvalue weighted by Gasteiger charge is -2.36. The Bertz CT molecular complexity index is 457. The van der Waals surface area contributed by atoms with E-state index in [1.807, 2.05) is 0 Å². The van der Waals surface area contributed by atoms with Crippen molar-refractivity contribution in [3.05, 3.63) is 35.9 Å². The number of anilines is 1. The van der Waals surface area contributed by atoms with E-state index in [0.717, 1.165) is 0 Å². The summed E-state index contributed by atoms with van der Waals surface area (Å²) < 4.78 is 0. The molecule has 0 bridgehead atoms. The number of likely N-dealkylation sites (N-methyl/N-ethyl adjacent to an activating group) is 1. The van der Waals surface area contributed by atoms with Crippen LogP contribution in [0.5, 0.6) is 0 Å². The third-order valence-electron chi connectivity index (χ3n) is 3.57. The molecule has 0 saturated heterocycles. The molecule has 0 spiro atoms. The highest BCUT2D eigenvalue weighted by Gasteiger charge is 2.22. The monoisotopic (exact) mass is 258 g/mol. The SMILES string of the molecule is C[C@H](CC(C)(C)C)NC1C=Cc2ccccc2N1C. The molecular formula is C17H26N2. The Hall–Kier alpha value is -1.28. The van der Waals surface area contributed by atoms with E-state index in [-0.39, 0.29) is 6.17 Å². The molecule has 2 heteroatoms. The van der Waals surface area contributed by atoms with Crippen LogP contribution >= 0.6 is 0 Å². The van der Waals surface area contributed by atoms with Gasteiger partial charge in [-0.25, -0.2) is 0 Å². The highest BCUT2D eigenvalue weighted by molar-refractivity contribution is 5.71. The molecule has 19 heavy (non-hydrogen) atoms. The lowest BCUT2D eigenvalue weighted by Crippen LogP contribution is -2.48. The molecule has 0 aliphatic carbocycles. The van der Waals surface area contributed by atoms with Crippen molar-refractivity contribution in [1.29, 1.82) is 0 Å². The molecule has 1 aliphatic heterocycles. The molecule has 104 valence electrons. The minimum absolute atomic E-state index is 0.284. The fraction of sp³-hybridized carbons (Fsp3) is 0.529. The molecule has 1 aromatic carbocycles. The molecule has 0 radical (unpaired) electrons. The molecule has 0 amide bonds. The average molecular weight is 258 g/mol. The smallest absolute Gasteiger partial charge is 0.0989 e. The molecule has 1 aliphatic rings. The summed E-state index contributed by atoms with van der Waals surface area (Å²) in [6.45, 7) is 9.15. The van der Waals surface area contributed by atoms with Crippen molar-refractivity contribution in [2.24, 2.45) is 5.41 Å². The van der Waals surface area contributed by atoms with Gasteiger partial charge >= 0.3 is 0 Å². The molecule has 2 atom stereocenters. The van der Waals surface area contributed by atoms with Crippen molar-refractivity contribution < 1.29 is 0 Å². The van der Waals surface area contributed by atoms with Crippen molar-refractivity contribution in [3.8, 4) is 0 Å². The third kappa shape index (κ3) is 3.60. The van der Waals surface area contributed by atoms with Gasteiger partial charge in [-0.1, -0.05) is 45.0 Å². The van der Waals surface area contributed by atoms with Crippen molar-refractivity contribution in [3.63, 3.8) is 0 Å². The van der Waals surface area contributed by atoms with Crippen LogP contribution in [0, 0.1) is 5.41 Å². The summed E-state index contributed by atoms with van der Waals surface area (Å²) >= 11 is 0. The summed E-state index contributed by atoms with van der Waals surface area (Å²) in [4.78, 5) is 2.31. The molecule has 1 heterocycles. The maximum absolute atomic E-state index is 3.71. The number of benzene rings is 1. The van der Waals surface area contributed by atoms with Gasteiger partial charge in [-0.15, -0.1) is 0 Å². The summed E-state index contributed by atoms with van der Waals surface area (Å²) in [7, 11) is 2.16. The topological polar surface area (TPSA) is 15.3 Å². The fourth-order valence-corrected chi connectivity index (χ4v) is 2.86. The molecule has 0 aromatic heterocycles. The second kappa shape index (κ2) is 5.38. The normalized spacial score (nSPS) is 20.3. The Morgan fingerprint density at radius 1 is 1.26 bits per heavy atom. The Labute approximate surface area is 117 Å². The molecule has 1 aromatic rings.